The minimum Gasteiger partial charge on any atom is -0.443 e. The summed E-state index contributed by atoms with van der Waals surface area (Å²) in [6, 6.07) is 4.39. The zero-order valence-corrected chi connectivity index (χ0v) is 16.3. The molecule has 146 valence electrons. The smallest absolute Gasteiger partial charge is 0.231 e. The van der Waals surface area contributed by atoms with Gasteiger partial charge in [-0.2, -0.15) is 0 Å². The fraction of sp³-hybridized carbons (Fsp3) is 0.381. The molecule has 1 unspecified atom stereocenters. The number of carbonyl (C=O) groups is 1. The first kappa shape index (κ1) is 18.4. The van der Waals surface area contributed by atoms with Crippen molar-refractivity contribution in [2.75, 3.05) is 23.3 Å². The van der Waals surface area contributed by atoms with Crippen LogP contribution >= 0.6 is 0 Å². The number of benzene rings is 1. The third-order valence-electron chi connectivity index (χ3n) is 5.48. The highest BCUT2D eigenvalue weighted by Gasteiger charge is 2.29. The zero-order valence-electron chi connectivity index (χ0n) is 16.3. The Labute approximate surface area is 162 Å². The Hall–Kier alpha value is -2.96. The summed E-state index contributed by atoms with van der Waals surface area (Å²) < 4.78 is 19.0. The number of furan rings is 1. The minimum absolute atomic E-state index is 0.0511. The zero-order chi connectivity index (χ0) is 19.8. The van der Waals surface area contributed by atoms with Crippen LogP contribution in [0, 0.1) is 32.5 Å². The van der Waals surface area contributed by atoms with E-state index in [1.807, 2.05) is 13.8 Å². The van der Waals surface area contributed by atoms with E-state index in [2.05, 4.69) is 20.2 Å². The monoisotopic (exact) mass is 382 g/mol. The van der Waals surface area contributed by atoms with Crippen LogP contribution in [-0.2, 0) is 4.79 Å². The van der Waals surface area contributed by atoms with Gasteiger partial charge in [0, 0.05) is 24.3 Å². The Kier molecular flexibility index (Phi) is 4.75. The van der Waals surface area contributed by atoms with Gasteiger partial charge in [0.05, 0.1) is 11.3 Å². The van der Waals surface area contributed by atoms with Crippen LogP contribution in [0.2, 0.25) is 0 Å². The molecule has 6 nitrogen and oxygen atoms in total. The van der Waals surface area contributed by atoms with Gasteiger partial charge >= 0.3 is 0 Å². The van der Waals surface area contributed by atoms with Gasteiger partial charge < -0.3 is 14.6 Å². The van der Waals surface area contributed by atoms with E-state index in [1.165, 1.54) is 18.5 Å². The molecule has 0 spiro atoms. The van der Waals surface area contributed by atoms with Gasteiger partial charge in [0.15, 0.2) is 0 Å². The number of aryl methyl sites for hydroxylation is 3. The van der Waals surface area contributed by atoms with Crippen LogP contribution < -0.4 is 10.2 Å². The number of rotatable bonds is 3. The first-order chi connectivity index (χ1) is 13.4. The van der Waals surface area contributed by atoms with E-state index in [9.17, 15) is 9.18 Å². The van der Waals surface area contributed by atoms with Crippen LogP contribution in [0.15, 0.2) is 28.9 Å². The number of aromatic nitrogens is 2. The number of carbonyl (C=O) groups excluding carboxylic acids is 1. The molecule has 0 bridgehead atoms. The fourth-order valence-electron chi connectivity index (χ4n) is 3.79. The second-order valence-corrected chi connectivity index (χ2v) is 7.39. The molecule has 3 heterocycles. The SMILES string of the molecule is Cc1cc(F)ccc1NC(=O)C1CCCN(c2ncnc3oc(C)c(C)c23)C1. The molecular weight excluding hydrogens is 359 g/mol. The fourth-order valence-corrected chi connectivity index (χ4v) is 3.79. The molecule has 1 saturated heterocycles. The van der Waals surface area contributed by atoms with Gasteiger partial charge in [0.2, 0.25) is 11.6 Å². The van der Waals surface area contributed by atoms with Crippen molar-refractivity contribution in [2.45, 2.75) is 33.6 Å². The first-order valence-corrected chi connectivity index (χ1v) is 9.46. The molecule has 1 aliphatic heterocycles. The Balaban J connectivity index is 1.56. The predicted molar refractivity (Wildman–Crippen MR) is 106 cm³/mol. The van der Waals surface area contributed by atoms with Crippen molar-refractivity contribution in [3.05, 3.63) is 47.2 Å². The quantitative estimate of drug-likeness (QED) is 0.737. The summed E-state index contributed by atoms with van der Waals surface area (Å²) >= 11 is 0. The largest absolute Gasteiger partial charge is 0.443 e. The number of halogens is 1. The van der Waals surface area contributed by atoms with Gasteiger partial charge in [-0.15, -0.1) is 0 Å². The van der Waals surface area contributed by atoms with Crippen molar-refractivity contribution in [1.29, 1.82) is 0 Å². The normalized spacial score (nSPS) is 17.1. The van der Waals surface area contributed by atoms with Crippen molar-refractivity contribution < 1.29 is 13.6 Å². The van der Waals surface area contributed by atoms with Crippen LogP contribution in [0.3, 0.4) is 0 Å². The lowest BCUT2D eigenvalue weighted by molar-refractivity contribution is -0.120. The highest BCUT2D eigenvalue weighted by molar-refractivity contribution is 5.94. The van der Waals surface area contributed by atoms with Crippen molar-refractivity contribution in [1.82, 2.24) is 9.97 Å². The molecule has 1 fully saturated rings. The predicted octanol–water partition coefficient (Wildman–Crippen LogP) is 4.14. The van der Waals surface area contributed by atoms with E-state index >= 15 is 0 Å². The van der Waals surface area contributed by atoms with E-state index in [0.717, 1.165) is 41.9 Å². The topological polar surface area (TPSA) is 71.3 Å². The Morgan fingerprint density at radius 2 is 2.11 bits per heavy atom. The molecule has 1 aliphatic rings. The number of nitrogens with zero attached hydrogens (tertiary/aromatic N) is 3. The second kappa shape index (κ2) is 7.22. The van der Waals surface area contributed by atoms with E-state index < -0.39 is 0 Å². The van der Waals surface area contributed by atoms with Crippen molar-refractivity contribution in [3.63, 3.8) is 0 Å². The summed E-state index contributed by atoms with van der Waals surface area (Å²) in [4.78, 5) is 23.7. The number of amides is 1. The van der Waals surface area contributed by atoms with E-state index in [4.69, 9.17) is 4.42 Å². The van der Waals surface area contributed by atoms with Crippen molar-refractivity contribution >= 4 is 28.5 Å². The molecule has 3 aromatic rings. The summed E-state index contributed by atoms with van der Waals surface area (Å²) in [5, 5.41) is 3.86. The maximum absolute atomic E-state index is 13.3. The maximum Gasteiger partial charge on any atom is 0.231 e. The third-order valence-corrected chi connectivity index (χ3v) is 5.48. The average Bonchev–Trinajstić information content (AvgIpc) is 2.98. The number of piperidine rings is 1. The number of fused-ring (bicyclic) bond motifs is 1. The molecule has 0 aliphatic carbocycles. The lowest BCUT2D eigenvalue weighted by atomic mass is 9.96. The number of hydrogen-bond donors (Lipinski definition) is 1. The maximum atomic E-state index is 13.3. The Morgan fingerprint density at radius 1 is 1.29 bits per heavy atom. The van der Waals surface area contributed by atoms with Crippen LogP contribution in [0.1, 0.15) is 29.7 Å². The highest BCUT2D eigenvalue weighted by atomic mass is 19.1. The number of nitrogens with one attached hydrogen (secondary N) is 1. The lowest BCUT2D eigenvalue weighted by Gasteiger charge is -2.33. The van der Waals surface area contributed by atoms with E-state index in [1.54, 1.807) is 13.0 Å². The van der Waals surface area contributed by atoms with E-state index in [0.29, 0.717) is 23.5 Å². The van der Waals surface area contributed by atoms with Gasteiger partial charge in [0.1, 0.15) is 23.7 Å². The second-order valence-electron chi connectivity index (χ2n) is 7.39. The first-order valence-electron chi connectivity index (χ1n) is 9.46. The number of anilines is 2. The summed E-state index contributed by atoms with van der Waals surface area (Å²) in [6.45, 7) is 7.10. The molecule has 7 heteroatoms. The summed E-state index contributed by atoms with van der Waals surface area (Å²) in [5.41, 5.74) is 2.96. The third kappa shape index (κ3) is 3.32. The van der Waals surface area contributed by atoms with Gasteiger partial charge in [0.25, 0.3) is 0 Å². The van der Waals surface area contributed by atoms with Gasteiger partial charge in [-0.05, 0) is 57.4 Å². The van der Waals surface area contributed by atoms with Gasteiger partial charge in [-0.3, -0.25) is 4.79 Å². The molecular formula is C21H23FN4O2. The molecule has 1 atom stereocenters. The van der Waals surface area contributed by atoms with Gasteiger partial charge in [-0.1, -0.05) is 0 Å². The molecule has 28 heavy (non-hydrogen) atoms. The average molecular weight is 382 g/mol. The van der Waals surface area contributed by atoms with Crippen LogP contribution in [0.25, 0.3) is 11.1 Å². The molecule has 0 radical (unpaired) electrons. The van der Waals surface area contributed by atoms with Crippen LogP contribution in [0.4, 0.5) is 15.9 Å². The van der Waals surface area contributed by atoms with Crippen molar-refractivity contribution in [2.24, 2.45) is 5.92 Å². The van der Waals surface area contributed by atoms with Crippen LogP contribution in [-0.4, -0.2) is 29.0 Å². The summed E-state index contributed by atoms with van der Waals surface area (Å²) in [6.07, 6.45) is 3.20. The standard InChI is InChI=1S/C21H23FN4O2/c1-12-9-16(22)6-7-17(12)25-20(27)15-5-4-8-26(10-15)19-18-13(2)14(3)28-21(18)24-11-23-19/h6-7,9,11,15H,4-5,8,10H2,1-3H3,(H,25,27). The minimum atomic E-state index is -0.308. The molecule has 2 aromatic heterocycles. The molecule has 0 saturated carbocycles. The molecule has 4 rings (SSSR count). The molecule has 1 aromatic carbocycles. The van der Waals surface area contributed by atoms with E-state index in [-0.39, 0.29) is 17.6 Å². The highest BCUT2D eigenvalue weighted by Crippen LogP contribution is 2.33. The Morgan fingerprint density at radius 3 is 2.89 bits per heavy atom. The molecule has 1 N–H and O–H groups in total. The summed E-state index contributed by atoms with van der Waals surface area (Å²) in [5.74, 6) is 1.11. The summed E-state index contributed by atoms with van der Waals surface area (Å²) in [7, 11) is 0. The Bertz CT molecular complexity index is 1050. The lowest BCUT2D eigenvalue weighted by Crippen LogP contribution is -2.41. The van der Waals surface area contributed by atoms with Gasteiger partial charge in [-0.25, -0.2) is 14.4 Å². The van der Waals surface area contributed by atoms with Crippen molar-refractivity contribution in [3.8, 4) is 0 Å². The molecule has 1 amide bonds. The number of hydrogen-bond acceptors (Lipinski definition) is 5. The van der Waals surface area contributed by atoms with Crippen LogP contribution in [0.5, 0.6) is 0 Å².